The Bertz CT molecular complexity index is 568. The molecule has 0 radical (unpaired) electrons. The van der Waals surface area contributed by atoms with Gasteiger partial charge in [0.25, 0.3) is 11.8 Å². The van der Waals surface area contributed by atoms with Crippen molar-refractivity contribution in [1.82, 2.24) is 10.2 Å². The van der Waals surface area contributed by atoms with E-state index in [9.17, 15) is 14.4 Å². The third kappa shape index (κ3) is 2.42. The number of likely N-dealkylation sites (N-methyl/N-ethyl adjacent to an activating group) is 1. The number of nitrogens with two attached hydrogens (primary N) is 1. The van der Waals surface area contributed by atoms with Crippen molar-refractivity contribution in [3.8, 4) is 0 Å². The summed E-state index contributed by atoms with van der Waals surface area (Å²) in [6, 6.07) is 4.13. The fourth-order valence-electron chi connectivity index (χ4n) is 1.89. The second-order valence-corrected chi connectivity index (χ2v) is 4.59. The molecule has 6 heteroatoms. The molecule has 3 amide bonds. The molecule has 19 heavy (non-hydrogen) atoms. The normalized spacial score (nSPS) is 18.8. The van der Waals surface area contributed by atoms with Crippen molar-refractivity contribution in [3.63, 3.8) is 0 Å². The third-order valence-electron chi connectivity index (χ3n) is 3.23. The number of nitrogen functional groups attached to an aromatic ring is 1. The standard InChI is InChI=1S/C13H15N3O3/c1-7-3-4-8(5-9(7)14)12(18)15-10-6-11(17)16(2)13(10)19/h3-5,10H,6,14H2,1-2H3,(H,15,18). The first kappa shape index (κ1) is 13.1. The average molecular weight is 261 g/mol. The van der Waals surface area contributed by atoms with Crippen molar-refractivity contribution >= 4 is 23.4 Å². The number of hydrogen-bond acceptors (Lipinski definition) is 4. The fourth-order valence-corrected chi connectivity index (χ4v) is 1.89. The van der Waals surface area contributed by atoms with Gasteiger partial charge in [0.1, 0.15) is 6.04 Å². The van der Waals surface area contributed by atoms with Crippen LogP contribution in [0, 0.1) is 6.92 Å². The number of nitrogens with zero attached hydrogens (tertiary/aromatic N) is 1. The van der Waals surface area contributed by atoms with Crippen LogP contribution in [0.4, 0.5) is 5.69 Å². The highest BCUT2D eigenvalue weighted by molar-refractivity contribution is 6.08. The van der Waals surface area contributed by atoms with Gasteiger partial charge in [-0.3, -0.25) is 19.3 Å². The maximum atomic E-state index is 12.0. The summed E-state index contributed by atoms with van der Waals surface area (Å²) in [6.07, 6.45) is 0.00240. The summed E-state index contributed by atoms with van der Waals surface area (Å²) < 4.78 is 0. The van der Waals surface area contributed by atoms with Crippen molar-refractivity contribution in [2.45, 2.75) is 19.4 Å². The van der Waals surface area contributed by atoms with Crippen LogP contribution in [0.5, 0.6) is 0 Å². The SMILES string of the molecule is Cc1ccc(C(=O)NC2CC(=O)N(C)C2=O)cc1N. The monoisotopic (exact) mass is 261 g/mol. The molecule has 1 aliphatic rings. The van der Waals surface area contributed by atoms with Crippen LogP contribution in [-0.2, 0) is 9.59 Å². The van der Waals surface area contributed by atoms with E-state index in [2.05, 4.69) is 5.32 Å². The summed E-state index contributed by atoms with van der Waals surface area (Å²) in [5, 5.41) is 2.55. The minimum Gasteiger partial charge on any atom is -0.398 e. The largest absolute Gasteiger partial charge is 0.398 e. The second-order valence-electron chi connectivity index (χ2n) is 4.59. The number of imide groups is 1. The number of anilines is 1. The van der Waals surface area contributed by atoms with Gasteiger partial charge < -0.3 is 11.1 Å². The minimum absolute atomic E-state index is 0.00240. The lowest BCUT2D eigenvalue weighted by molar-refractivity contribution is -0.137. The highest BCUT2D eigenvalue weighted by Gasteiger charge is 2.36. The average Bonchev–Trinajstić information content (AvgIpc) is 2.60. The molecule has 6 nitrogen and oxygen atoms in total. The van der Waals surface area contributed by atoms with Crippen LogP contribution in [0.3, 0.4) is 0 Å². The zero-order valence-electron chi connectivity index (χ0n) is 10.8. The van der Waals surface area contributed by atoms with E-state index in [1.165, 1.54) is 7.05 Å². The quantitative estimate of drug-likeness (QED) is 0.582. The topological polar surface area (TPSA) is 92.5 Å². The molecule has 100 valence electrons. The molecule has 1 heterocycles. The number of carbonyl (C=O) groups excluding carboxylic acids is 3. The van der Waals surface area contributed by atoms with Crippen molar-refractivity contribution < 1.29 is 14.4 Å². The highest BCUT2D eigenvalue weighted by Crippen LogP contribution is 2.15. The number of benzene rings is 1. The van der Waals surface area contributed by atoms with E-state index in [4.69, 9.17) is 5.73 Å². The Morgan fingerprint density at radius 1 is 1.42 bits per heavy atom. The van der Waals surface area contributed by atoms with Gasteiger partial charge in [-0.1, -0.05) is 6.07 Å². The van der Waals surface area contributed by atoms with Crippen molar-refractivity contribution in [2.75, 3.05) is 12.8 Å². The molecule has 1 aliphatic heterocycles. The van der Waals surface area contributed by atoms with Gasteiger partial charge in [0.15, 0.2) is 0 Å². The summed E-state index contributed by atoms with van der Waals surface area (Å²) in [4.78, 5) is 36.0. The number of hydrogen-bond donors (Lipinski definition) is 2. The molecule has 0 aromatic heterocycles. The summed E-state index contributed by atoms with van der Waals surface area (Å²) in [7, 11) is 1.40. The third-order valence-corrected chi connectivity index (χ3v) is 3.23. The van der Waals surface area contributed by atoms with E-state index in [0.717, 1.165) is 10.5 Å². The summed E-state index contributed by atoms with van der Waals surface area (Å²) in [5.41, 5.74) is 7.49. The van der Waals surface area contributed by atoms with Gasteiger partial charge in [-0.05, 0) is 24.6 Å². The molecule has 0 spiro atoms. The molecule has 1 aromatic carbocycles. The van der Waals surface area contributed by atoms with Gasteiger partial charge in [0.05, 0.1) is 6.42 Å². The number of nitrogens with one attached hydrogen (secondary N) is 1. The Morgan fingerprint density at radius 2 is 2.11 bits per heavy atom. The lowest BCUT2D eigenvalue weighted by atomic mass is 10.1. The van der Waals surface area contributed by atoms with Crippen LogP contribution in [0.2, 0.25) is 0 Å². The molecule has 1 atom stereocenters. The lowest BCUT2D eigenvalue weighted by Crippen LogP contribution is -2.40. The van der Waals surface area contributed by atoms with Crippen LogP contribution in [0.1, 0.15) is 22.3 Å². The highest BCUT2D eigenvalue weighted by atomic mass is 16.2. The first-order chi connectivity index (χ1) is 8.90. The number of aryl methyl sites for hydroxylation is 1. The predicted octanol–water partition coefficient (Wildman–Crippen LogP) is 0.0643. The molecule has 1 saturated heterocycles. The molecule has 0 aliphatic carbocycles. The zero-order chi connectivity index (χ0) is 14.2. The Hall–Kier alpha value is -2.37. The molecule has 3 N–H and O–H groups in total. The first-order valence-corrected chi connectivity index (χ1v) is 5.87. The molecule has 1 unspecified atom stereocenters. The zero-order valence-corrected chi connectivity index (χ0v) is 10.8. The Labute approximate surface area is 110 Å². The molecule has 1 fully saturated rings. The van der Waals surface area contributed by atoms with Crippen molar-refractivity contribution in [2.24, 2.45) is 0 Å². The second kappa shape index (κ2) is 4.72. The van der Waals surface area contributed by atoms with E-state index in [0.29, 0.717) is 11.3 Å². The van der Waals surface area contributed by atoms with E-state index < -0.39 is 17.9 Å². The van der Waals surface area contributed by atoms with E-state index >= 15 is 0 Å². The number of likely N-dealkylation sites (tertiary alicyclic amines) is 1. The van der Waals surface area contributed by atoms with Gasteiger partial charge in [-0.2, -0.15) is 0 Å². The van der Waals surface area contributed by atoms with E-state index in [1.54, 1.807) is 18.2 Å². The minimum atomic E-state index is -0.785. The van der Waals surface area contributed by atoms with Crippen LogP contribution >= 0.6 is 0 Å². The summed E-state index contributed by atoms with van der Waals surface area (Å²) in [6.45, 7) is 1.84. The van der Waals surface area contributed by atoms with Crippen LogP contribution < -0.4 is 11.1 Å². The molecule has 2 rings (SSSR count). The van der Waals surface area contributed by atoms with Gasteiger partial charge in [0, 0.05) is 18.3 Å². The van der Waals surface area contributed by atoms with E-state index in [-0.39, 0.29) is 12.3 Å². The molecule has 0 saturated carbocycles. The van der Waals surface area contributed by atoms with Crippen LogP contribution in [0.15, 0.2) is 18.2 Å². The van der Waals surface area contributed by atoms with Gasteiger partial charge in [0.2, 0.25) is 5.91 Å². The van der Waals surface area contributed by atoms with Gasteiger partial charge in [-0.25, -0.2) is 0 Å². The number of carbonyl (C=O) groups is 3. The van der Waals surface area contributed by atoms with Crippen molar-refractivity contribution in [3.05, 3.63) is 29.3 Å². The summed E-state index contributed by atoms with van der Waals surface area (Å²) in [5.74, 6) is -1.09. The molecular formula is C13H15N3O3. The van der Waals surface area contributed by atoms with Gasteiger partial charge >= 0.3 is 0 Å². The predicted molar refractivity (Wildman–Crippen MR) is 69.2 cm³/mol. The first-order valence-electron chi connectivity index (χ1n) is 5.87. The Balaban J connectivity index is 2.11. The van der Waals surface area contributed by atoms with Gasteiger partial charge in [-0.15, -0.1) is 0 Å². The fraction of sp³-hybridized carbons (Fsp3) is 0.308. The molecule has 1 aromatic rings. The summed E-state index contributed by atoms with van der Waals surface area (Å²) >= 11 is 0. The molecule has 0 bridgehead atoms. The van der Waals surface area contributed by atoms with E-state index in [1.807, 2.05) is 6.92 Å². The van der Waals surface area contributed by atoms with Crippen LogP contribution in [0.25, 0.3) is 0 Å². The number of rotatable bonds is 2. The van der Waals surface area contributed by atoms with Crippen LogP contribution in [-0.4, -0.2) is 35.7 Å². The maximum Gasteiger partial charge on any atom is 0.252 e. The maximum absolute atomic E-state index is 12.0. The Kier molecular flexibility index (Phi) is 3.25. The number of amides is 3. The Morgan fingerprint density at radius 3 is 2.63 bits per heavy atom. The molecular weight excluding hydrogens is 246 g/mol. The smallest absolute Gasteiger partial charge is 0.252 e. The lowest BCUT2D eigenvalue weighted by Gasteiger charge is -2.11. The van der Waals surface area contributed by atoms with Crippen molar-refractivity contribution in [1.29, 1.82) is 0 Å².